The zero-order valence-corrected chi connectivity index (χ0v) is 42.2. The second kappa shape index (κ2) is 59.3. The third-order valence-electron chi connectivity index (χ3n) is 7.94. The van der Waals surface area contributed by atoms with E-state index < -0.39 is 23.9 Å². The molecule has 0 aliphatic heterocycles. The molecule has 0 aromatic heterocycles. The monoisotopic (exact) mass is 960 g/mol. The summed E-state index contributed by atoms with van der Waals surface area (Å²) in [7, 11) is 0. The van der Waals surface area contributed by atoms with Gasteiger partial charge in [0.05, 0.1) is 0 Å². The second-order valence-corrected chi connectivity index (χ2v) is 13.0. The number of rotatable bonds is 32. The Morgan fingerprint density at radius 3 is 0.500 bits per heavy atom. The summed E-state index contributed by atoms with van der Waals surface area (Å²) in [6, 6.07) is 0. The maximum atomic E-state index is 10.0. The molecule has 10 heteroatoms. The average molecular weight is 960 g/mol. The van der Waals surface area contributed by atoms with Crippen LogP contribution in [0.15, 0.2) is 0 Å². The molecule has 0 spiro atoms. The summed E-state index contributed by atoms with van der Waals surface area (Å²) >= 11 is 0. The third-order valence-corrected chi connectivity index (χ3v) is 7.94. The number of carboxylic acids is 4. The predicted octanol–water partition coefficient (Wildman–Crippen LogP) is 6.75. The third kappa shape index (κ3) is 82.5. The van der Waals surface area contributed by atoms with Crippen LogP contribution in [0.4, 0.5) is 0 Å². The zero-order valence-electron chi connectivity index (χ0n) is 33.3. The molecule has 8 nitrogen and oxygen atoms in total. The van der Waals surface area contributed by atoms with Crippen molar-refractivity contribution in [3.63, 3.8) is 0 Å². The van der Waals surface area contributed by atoms with Crippen LogP contribution in [-0.4, -0.2) is 122 Å². The topological polar surface area (TPSA) is 161 Å². The molecule has 0 aromatic rings. The van der Waals surface area contributed by atoms with E-state index in [1.165, 1.54) is 128 Å². The molecule has 0 amide bonds. The van der Waals surface area contributed by atoms with Gasteiger partial charge in [0.2, 0.25) is 0 Å². The molecule has 50 heavy (non-hydrogen) atoms. The number of hydrogen-bond donors (Lipinski definition) is 0. The van der Waals surface area contributed by atoms with Gasteiger partial charge in [-0.3, -0.25) is 0 Å². The summed E-state index contributed by atoms with van der Waals surface area (Å²) in [5.74, 6) is -3.65. The average Bonchev–Trinajstić information content (AvgIpc) is 3.03. The molecule has 0 aliphatic rings. The predicted molar refractivity (Wildman–Crippen MR) is 202 cm³/mol. The molecule has 0 atom stereocenters. The first-order chi connectivity index (χ1) is 23.1. The van der Waals surface area contributed by atoms with Gasteiger partial charge in [-0.1, -0.05) is 182 Å². The molecule has 0 unspecified atom stereocenters. The maximum Gasteiger partial charge on any atom is 2.00 e. The van der Waals surface area contributed by atoms with E-state index in [0.717, 1.165) is 51.4 Å². The van der Waals surface area contributed by atoms with Gasteiger partial charge in [0.1, 0.15) is 0 Å². The number of aliphatic carboxylic acids is 4. The molecule has 0 saturated heterocycles. The Labute approximate surface area is 389 Å². The second-order valence-electron chi connectivity index (χ2n) is 13.0. The Morgan fingerprint density at radius 1 is 0.260 bits per heavy atom. The van der Waals surface area contributed by atoms with E-state index in [1.807, 2.05) is 0 Å². The van der Waals surface area contributed by atoms with Crippen LogP contribution in [-0.2, 0) is 19.2 Å². The summed E-state index contributed by atoms with van der Waals surface area (Å²) in [5, 5.41) is 40.1. The minimum Gasteiger partial charge on any atom is -0.550 e. The smallest absolute Gasteiger partial charge is 0.550 e. The van der Waals surface area contributed by atoms with Crippen molar-refractivity contribution in [2.75, 3.05) is 0 Å². The van der Waals surface area contributed by atoms with Gasteiger partial charge in [0.15, 0.2) is 0 Å². The number of unbranched alkanes of at least 4 members (excludes halogenated alkanes) is 24. The molecule has 0 radical (unpaired) electrons. The Hall–Kier alpha value is 1.02. The van der Waals surface area contributed by atoms with E-state index in [0.29, 0.717) is 0 Å². The van der Waals surface area contributed by atoms with E-state index >= 15 is 0 Å². The molecular formula is C40H76Ba2O8. The number of carboxylic acid groups (broad SMARTS) is 4. The number of hydrogen-bond acceptors (Lipinski definition) is 8. The van der Waals surface area contributed by atoms with Gasteiger partial charge in [-0.05, 0) is 51.4 Å². The summed E-state index contributed by atoms with van der Waals surface area (Å²) in [6.45, 7) is 8.76. The summed E-state index contributed by atoms with van der Waals surface area (Å²) in [4.78, 5) is 40.1. The van der Waals surface area contributed by atoms with Gasteiger partial charge in [-0.15, -0.1) is 0 Å². The van der Waals surface area contributed by atoms with Gasteiger partial charge < -0.3 is 39.6 Å². The minimum atomic E-state index is -0.913. The summed E-state index contributed by atoms with van der Waals surface area (Å²) < 4.78 is 0. The standard InChI is InChI=1S/4C10H20O2.2Ba/c4*1-2-3-4-5-6-7-8-9-10(11)12;;/h4*2-9H2,1H3,(H,11,12);;/q;;;;2*+2/p-4. The molecule has 0 N–H and O–H groups in total. The molecule has 0 fully saturated rings. The quantitative estimate of drug-likeness (QED) is 0.0529. The van der Waals surface area contributed by atoms with E-state index in [9.17, 15) is 39.6 Å². The molecule has 0 bridgehead atoms. The van der Waals surface area contributed by atoms with Crippen LogP contribution in [0.3, 0.4) is 0 Å². The van der Waals surface area contributed by atoms with Gasteiger partial charge in [-0.25, -0.2) is 0 Å². The van der Waals surface area contributed by atoms with Crippen LogP contribution in [0.5, 0.6) is 0 Å². The zero-order chi connectivity index (χ0) is 36.9. The first kappa shape index (κ1) is 63.0. The Balaban J connectivity index is -0.000000127. The molecule has 0 aromatic carbocycles. The van der Waals surface area contributed by atoms with Crippen LogP contribution in [0.25, 0.3) is 0 Å². The number of carbonyl (C=O) groups excluding carboxylic acids is 4. The van der Waals surface area contributed by atoms with Crippen LogP contribution in [0.1, 0.15) is 233 Å². The molecule has 288 valence electrons. The van der Waals surface area contributed by atoms with Crippen LogP contribution in [0.2, 0.25) is 0 Å². The van der Waals surface area contributed by atoms with Crippen LogP contribution >= 0.6 is 0 Å². The summed E-state index contributed by atoms with van der Waals surface area (Å²) in [6.07, 6.45) is 33.4. The Kier molecular flexibility index (Phi) is 74.7. The van der Waals surface area contributed by atoms with Crippen LogP contribution in [0, 0.1) is 0 Å². The first-order valence-electron chi connectivity index (χ1n) is 19.9. The van der Waals surface area contributed by atoms with Gasteiger partial charge in [-0.2, -0.15) is 0 Å². The van der Waals surface area contributed by atoms with E-state index in [2.05, 4.69) is 27.7 Å². The van der Waals surface area contributed by atoms with Crippen molar-refractivity contribution < 1.29 is 39.6 Å². The van der Waals surface area contributed by atoms with Gasteiger partial charge in [0.25, 0.3) is 0 Å². The largest absolute Gasteiger partial charge is 2.00 e. The Bertz CT molecular complexity index is 566. The van der Waals surface area contributed by atoms with Crippen molar-refractivity contribution in [1.82, 2.24) is 0 Å². The van der Waals surface area contributed by atoms with Gasteiger partial charge >= 0.3 is 97.8 Å². The molecular weight excluding hydrogens is 883 g/mol. The fourth-order valence-corrected chi connectivity index (χ4v) is 4.91. The fourth-order valence-electron chi connectivity index (χ4n) is 4.91. The van der Waals surface area contributed by atoms with Gasteiger partial charge in [0, 0.05) is 23.9 Å². The molecule has 0 heterocycles. The molecule has 0 rings (SSSR count). The SMILES string of the molecule is CCCCCCCCCC(=O)[O-].CCCCCCCCCC(=O)[O-].CCCCCCCCCC(=O)[O-].CCCCCCCCCC(=O)[O-].[Ba+2].[Ba+2]. The van der Waals surface area contributed by atoms with Crippen molar-refractivity contribution in [2.24, 2.45) is 0 Å². The van der Waals surface area contributed by atoms with Crippen LogP contribution < -0.4 is 20.4 Å². The summed E-state index contributed by atoms with van der Waals surface area (Å²) in [5.41, 5.74) is 0. The maximum absolute atomic E-state index is 10.0. The van der Waals surface area contributed by atoms with E-state index in [1.54, 1.807) is 0 Å². The molecule has 0 aliphatic carbocycles. The van der Waals surface area contributed by atoms with E-state index in [4.69, 9.17) is 0 Å². The normalized spacial score (nSPS) is 9.68. The van der Waals surface area contributed by atoms with Crippen molar-refractivity contribution in [2.45, 2.75) is 233 Å². The first-order valence-corrected chi connectivity index (χ1v) is 19.9. The Morgan fingerprint density at radius 2 is 0.380 bits per heavy atom. The fraction of sp³-hybridized carbons (Fsp3) is 0.900. The molecule has 0 saturated carbocycles. The minimum absolute atomic E-state index is 0. The van der Waals surface area contributed by atoms with Crippen molar-refractivity contribution >= 4 is 122 Å². The number of carbonyl (C=O) groups is 4. The van der Waals surface area contributed by atoms with Crippen molar-refractivity contribution in [3.8, 4) is 0 Å². The van der Waals surface area contributed by atoms with Crippen molar-refractivity contribution in [1.29, 1.82) is 0 Å². The van der Waals surface area contributed by atoms with E-state index in [-0.39, 0.29) is 123 Å². The van der Waals surface area contributed by atoms with Crippen molar-refractivity contribution in [3.05, 3.63) is 0 Å².